The summed E-state index contributed by atoms with van der Waals surface area (Å²) in [5.74, 6) is -3.73. The van der Waals surface area contributed by atoms with Crippen molar-refractivity contribution in [2.75, 3.05) is 0 Å². The van der Waals surface area contributed by atoms with E-state index in [4.69, 9.17) is 5.11 Å². The van der Waals surface area contributed by atoms with Crippen molar-refractivity contribution >= 4 is 15.8 Å². The van der Waals surface area contributed by atoms with Gasteiger partial charge < -0.3 is 10.2 Å². The van der Waals surface area contributed by atoms with Gasteiger partial charge in [0, 0.05) is 5.56 Å². The van der Waals surface area contributed by atoms with Gasteiger partial charge in [0.1, 0.15) is 22.9 Å². The average molecular weight is 404 g/mol. The topological polar surface area (TPSA) is 91.7 Å². The minimum atomic E-state index is -3.89. The van der Waals surface area contributed by atoms with E-state index < -0.39 is 38.9 Å². The van der Waals surface area contributed by atoms with E-state index in [2.05, 4.69) is 0 Å². The van der Waals surface area contributed by atoms with Crippen LogP contribution in [0.1, 0.15) is 15.9 Å². The zero-order chi connectivity index (χ0) is 20.5. The number of sulfone groups is 1. The number of hydrogen-bond donors (Lipinski definition) is 2. The van der Waals surface area contributed by atoms with Crippen LogP contribution in [-0.2, 0) is 15.6 Å². The summed E-state index contributed by atoms with van der Waals surface area (Å²) in [4.78, 5) is 10.8. The van der Waals surface area contributed by atoms with Crippen molar-refractivity contribution in [1.82, 2.24) is 0 Å². The molecule has 3 rings (SSSR count). The molecule has 0 heterocycles. The summed E-state index contributed by atoms with van der Waals surface area (Å²) in [7, 11) is -3.89. The number of aromatic carboxylic acids is 1. The SMILES string of the molecule is O=C(O)c1ccc(CS(=O)(=O)c2cccc(-c3cc(F)ccc3F)c2)cc1O. The van der Waals surface area contributed by atoms with E-state index in [9.17, 15) is 27.1 Å². The monoisotopic (exact) mass is 404 g/mol. The molecule has 0 radical (unpaired) electrons. The van der Waals surface area contributed by atoms with Gasteiger partial charge in [-0.05, 0) is 53.6 Å². The summed E-state index contributed by atoms with van der Waals surface area (Å²) in [6.45, 7) is 0. The fourth-order valence-electron chi connectivity index (χ4n) is 2.73. The van der Waals surface area contributed by atoms with E-state index >= 15 is 0 Å². The Kier molecular flexibility index (Phi) is 5.15. The molecule has 0 spiro atoms. The highest BCUT2D eigenvalue weighted by Gasteiger charge is 2.19. The van der Waals surface area contributed by atoms with Gasteiger partial charge in [0.05, 0.1) is 10.6 Å². The summed E-state index contributed by atoms with van der Waals surface area (Å²) in [6, 6.07) is 11.8. The molecule has 3 aromatic carbocycles. The Labute approximate surface area is 159 Å². The highest BCUT2D eigenvalue weighted by Crippen LogP contribution is 2.28. The fourth-order valence-corrected chi connectivity index (χ4v) is 4.10. The number of carbonyl (C=O) groups is 1. The van der Waals surface area contributed by atoms with Crippen molar-refractivity contribution in [2.24, 2.45) is 0 Å². The smallest absolute Gasteiger partial charge is 0.339 e. The first-order chi connectivity index (χ1) is 13.2. The fraction of sp³-hybridized carbons (Fsp3) is 0.0500. The predicted molar refractivity (Wildman–Crippen MR) is 97.7 cm³/mol. The number of hydrogen-bond acceptors (Lipinski definition) is 4. The molecule has 5 nitrogen and oxygen atoms in total. The molecule has 0 saturated carbocycles. The molecule has 3 aromatic rings. The van der Waals surface area contributed by atoms with Gasteiger partial charge >= 0.3 is 5.97 Å². The molecule has 0 atom stereocenters. The molecule has 144 valence electrons. The largest absolute Gasteiger partial charge is 0.507 e. The Morgan fingerprint density at radius 2 is 1.71 bits per heavy atom. The number of phenols is 1. The van der Waals surface area contributed by atoms with Crippen LogP contribution in [0.5, 0.6) is 5.75 Å². The van der Waals surface area contributed by atoms with Crippen LogP contribution in [0.3, 0.4) is 0 Å². The van der Waals surface area contributed by atoms with Crippen molar-refractivity contribution in [2.45, 2.75) is 10.6 Å². The Morgan fingerprint density at radius 3 is 2.39 bits per heavy atom. The minimum absolute atomic E-state index is 0.0690. The molecule has 0 aliphatic rings. The van der Waals surface area contributed by atoms with Crippen molar-refractivity contribution in [3.05, 3.63) is 83.4 Å². The Hall–Kier alpha value is -3.26. The molecule has 0 amide bonds. The molecule has 0 saturated heterocycles. The lowest BCUT2D eigenvalue weighted by molar-refractivity contribution is 0.0693. The molecule has 28 heavy (non-hydrogen) atoms. The van der Waals surface area contributed by atoms with Gasteiger partial charge in [0.25, 0.3) is 0 Å². The van der Waals surface area contributed by atoms with Gasteiger partial charge in [0.2, 0.25) is 0 Å². The van der Waals surface area contributed by atoms with E-state index in [0.717, 1.165) is 30.3 Å². The molecule has 0 aliphatic heterocycles. The number of rotatable bonds is 5. The molecule has 0 aliphatic carbocycles. The van der Waals surface area contributed by atoms with Gasteiger partial charge in [0.15, 0.2) is 9.84 Å². The second-order valence-electron chi connectivity index (χ2n) is 6.07. The predicted octanol–water partition coefficient (Wildman–Crippen LogP) is 4.01. The van der Waals surface area contributed by atoms with Crippen molar-refractivity contribution < 1.29 is 32.2 Å². The maximum absolute atomic E-state index is 14.0. The maximum atomic E-state index is 14.0. The quantitative estimate of drug-likeness (QED) is 0.670. The Bertz CT molecular complexity index is 1170. The standard InChI is InChI=1S/C20H14F2O5S/c21-14-5-7-18(22)17(10-14)13-2-1-3-15(9-13)28(26,27)11-12-4-6-16(20(24)25)19(23)8-12/h1-10,23H,11H2,(H,24,25). The minimum Gasteiger partial charge on any atom is -0.507 e. The van der Waals surface area contributed by atoms with Crippen LogP contribution in [0.15, 0.2) is 65.6 Å². The second-order valence-corrected chi connectivity index (χ2v) is 8.06. The van der Waals surface area contributed by atoms with Crippen LogP contribution in [-0.4, -0.2) is 24.6 Å². The summed E-state index contributed by atoms with van der Waals surface area (Å²) >= 11 is 0. The molecule has 8 heteroatoms. The van der Waals surface area contributed by atoms with Crippen LogP contribution in [0.4, 0.5) is 8.78 Å². The van der Waals surface area contributed by atoms with Crippen LogP contribution in [0.2, 0.25) is 0 Å². The summed E-state index contributed by atoms with van der Waals surface area (Å²) in [5.41, 5.74) is -0.0304. The number of halogens is 2. The molecule has 0 aromatic heterocycles. The summed E-state index contributed by atoms with van der Waals surface area (Å²) < 4.78 is 52.8. The molecular weight excluding hydrogens is 390 g/mol. The van der Waals surface area contributed by atoms with Crippen LogP contribution >= 0.6 is 0 Å². The second kappa shape index (κ2) is 7.40. The third kappa shape index (κ3) is 4.01. The van der Waals surface area contributed by atoms with Gasteiger partial charge in [-0.25, -0.2) is 22.0 Å². The molecule has 0 unspecified atom stereocenters. The van der Waals surface area contributed by atoms with Gasteiger partial charge in [-0.15, -0.1) is 0 Å². The van der Waals surface area contributed by atoms with Crippen LogP contribution in [0.25, 0.3) is 11.1 Å². The first-order valence-corrected chi connectivity index (χ1v) is 9.66. The van der Waals surface area contributed by atoms with Gasteiger partial charge in [-0.2, -0.15) is 0 Å². The van der Waals surface area contributed by atoms with Crippen LogP contribution in [0, 0.1) is 11.6 Å². The van der Waals surface area contributed by atoms with Gasteiger partial charge in [-0.1, -0.05) is 18.2 Å². The van der Waals surface area contributed by atoms with E-state index in [-0.39, 0.29) is 27.1 Å². The Morgan fingerprint density at radius 1 is 0.964 bits per heavy atom. The molecule has 0 fully saturated rings. The number of carboxylic acids is 1. The van der Waals surface area contributed by atoms with Crippen LogP contribution < -0.4 is 0 Å². The highest BCUT2D eigenvalue weighted by atomic mass is 32.2. The lowest BCUT2D eigenvalue weighted by atomic mass is 10.1. The first kappa shape index (κ1) is 19.5. The number of carboxylic acid groups (broad SMARTS) is 1. The molecule has 2 N–H and O–H groups in total. The zero-order valence-corrected chi connectivity index (χ0v) is 15.1. The zero-order valence-electron chi connectivity index (χ0n) is 14.3. The number of aromatic hydroxyl groups is 1. The first-order valence-electron chi connectivity index (χ1n) is 8.01. The van der Waals surface area contributed by atoms with E-state index in [1.165, 1.54) is 30.3 Å². The third-order valence-corrected chi connectivity index (χ3v) is 5.77. The van der Waals surface area contributed by atoms with E-state index in [1.54, 1.807) is 0 Å². The Balaban J connectivity index is 1.96. The lowest BCUT2D eigenvalue weighted by Gasteiger charge is -2.09. The van der Waals surface area contributed by atoms with E-state index in [1.807, 2.05) is 0 Å². The lowest BCUT2D eigenvalue weighted by Crippen LogP contribution is -2.06. The summed E-state index contributed by atoms with van der Waals surface area (Å²) in [6.07, 6.45) is 0. The maximum Gasteiger partial charge on any atom is 0.339 e. The van der Waals surface area contributed by atoms with Gasteiger partial charge in [-0.3, -0.25) is 0 Å². The van der Waals surface area contributed by atoms with Crippen molar-refractivity contribution in [3.8, 4) is 16.9 Å². The van der Waals surface area contributed by atoms with Crippen molar-refractivity contribution in [3.63, 3.8) is 0 Å². The van der Waals surface area contributed by atoms with E-state index in [0.29, 0.717) is 0 Å². The highest BCUT2D eigenvalue weighted by molar-refractivity contribution is 7.90. The number of benzene rings is 3. The summed E-state index contributed by atoms with van der Waals surface area (Å²) in [5, 5.41) is 18.6. The normalized spacial score (nSPS) is 11.4. The molecular formula is C20H14F2O5S. The average Bonchev–Trinajstić information content (AvgIpc) is 2.63. The third-order valence-electron chi connectivity index (χ3n) is 4.08. The van der Waals surface area contributed by atoms with Crippen molar-refractivity contribution in [1.29, 1.82) is 0 Å². The molecule has 0 bridgehead atoms.